The molecule has 136 valence electrons. The van der Waals surface area contributed by atoms with Gasteiger partial charge in [-0.15, -0.1) is 17.5 Å². The van der Waals surface area contributed by atoms with Gasteiger partial charge in [-0.25, -0.2) is 9.48 Å². The van der Waals surface area contributed by atoms with Gasteiger partial charge in [0.05, 0.1) is 19.9 Å². The first-order valence-corrected chi connectivity index (χ1v) is 8.21. The number of esters is 1. The summed E-state index contributed by atoms with van der Waals surface area (Å²) in [6.07, 6.45) is 1.45. The summed E-state index contributed by atoms with van der Waals surface area (Å²) in [5.41, 5.74) is 1.76. The molecule has 1 saturated heterocycles. The minimum Gasteiger partial charge on any atom is -0.464 e. The van der Waals surface area contributed by atoms with Crippen LogP contribution in [0.2, 0.25) is 0 Å². The Balaban J connectivity index is 0.00000225. The van der Waals surface area contributed by atoms with Crippen LogP contribution in [-0.2, 0) is 17.8 Å². The summed E-state index contributed by atoms with van der Waals surface area (Å²) in [6, 6.07) is 10.6. The molecule has 0 radical (unpaired) electrons. The van der Waals surface area contributed by atoms with Crippen LogP contribution in [0, 0.1) is 0 Å². The molecular formula is C17H24ClN5O2. The SMILES string of the molecule is COC(=O)c1cnnn1CCN1CCN(Cc2ccccc2)CC1.Cl. The van der Waals surface area contributed by atoms with Gasteiger partial charge < -0.3 is 4.74 Å². The molecule has 0 saturated carbocycles. The molecule has 0 aliphatic carbocycles. The Hall–Kier alpha value is -1.96. The lowest BCUT2D eigenvalue weighted by Gasteiger charge is -2.34. The van der Waals surface area contributed by atoms with Gasteiger partial charge in [0.2, 0.25) is 0 Å². The number of nitrogens with zero attached hydrogens (tertiary/aromatic N) is 5. The van der Waals surface area contributed by atoms with Crippen LogP contribution in [0.25, 0.3) is 0 Å². The van der Waals surface area contributed by atoms with Crippen molar-refractivity contribution in [2.75, 3.05) is 39.8 Å². The fourth-order valence-corrected chi connectivity index (χ4v) is 2.93. The first kappa shape index (κ1) is 19.4. The highest BCUT2D eigenvalue weighted by Crippen LogP contribution is 2.08. The van der Waals surface area contributed by atoms with E-state index in [0.717, 1.165) is 39.3 Å². The molecule has 2 aromatic rings. The highest BCUT2D eigenvalue weighted by atomic mass is 35.5. The molecule has 3 rings (SSSR count). The van der Waals surface area contributed by atoms with E-state index in [4.69, 9.17) is 4.74 Å². The number of hydrogen-bond acceptors (Lipinski definition) is 6. The van der Waals surface area contributed by atoms with Gasteiger partial charge in [0.1, 0.15) is 0 Å². The highest BCUT2D eigenvalue weighted by molar-refractivity contribution is 5.86. The standard InChI is InChI=1S/C17H23N5O2.ClH/c1-24-17(23)16-13-18-19-22(16)12-11-20-7-9-21(10-8-20)14-15-5-3-2-4-6-15;/h2-6,13H,7-12,14H2,1H3;1H. The molecule has 0 spiro atoms. The maximum atomic E-state index is 11.6. The second-order valence-electron chi connectivity index (χ2n) is 5.94. The average molecular weight is 366 g/mol. The maximum Gasteiger partial charge on any atom is 0.358 e. The zero-order valence-corrected chi connectivity index (χ0v) is 15.2. The molecule has 1 aliphatic heterocycles. The number of halogens is 1. The van der Waals surface area contributed by atoms with Crippen LogP contribution < -0.4 is 0 Å². The molecule has 0 atom stereocenters. The van der Waals surface area contributed by atoms with Crippen molar-refractivity contribution in [2.24, 2.45) is 0 Å². The maximum absolute atomic E-state index is 11.6. The zero-order chi connectivity index (χ0) is 16.8. The third-order valence-electron chi connectivity index (χ3n) is 4.35. The van der Waals surface area contributed by atoms with E-state index < -0.39 is 5.97 Å². The Labute approximate surface area is 154 Å². The van der Waals surface area contributed by atoms with Gasteiger partial charge in [0, 0.05) is 39.3 Å². The van der Waals surface area contributed by atoms with Crippen molar-refractivity contribution < 1.29 is 9.53 Å². The molecule has 8 heteroatoms. The predicted octanol–water partition coefficient (Wildman–Crippen LogP) is 1.30. The third kappa shape index (κ3) is 5.26. The molecule has 1 fully saturated rings. The van der Waals surface area contributed by atoms with Crippen molar-refractivity contribution >= 4 is 18.4 Å². The van der Waals surface area contributed by atoms with Crippen molar-refractivity contribution in [1.82, 2.24) is 24.8 Å². The summed E-state index contributed by atoms with van der Waals surface area (Å²) in [4.78, 5) is 16.5. The van der Waals surface area contributed by atoms with Gasteiger partial charge in [-0.3, -0.25) is 9.80 Å². The Morgan fingerprint density at radius 3 is 2.44 bits per heavy atom. The molecule has 1 aromatic carbocycles. The Morgan fingerprint density at radius 2 is 1.76 bits per heavy atom. The Bertz CT molecular complexity index is 656. The molecular weight excluding hydrogens is 342 g/mol. The van der Waals surface area contributed by atoms with Gasteiger partial charge in [-0.2, -0.15) is 0 Å². The molecule has 0 amide bonds. The number of piperazine rings is 1. The van der Waals surface area contributed by atoms with E-state index in [1.165, 1.54) is 18.9 Å². The van der Waals surface area contributed by atoms with Crippen molar-refractivity contribution in [3.8, 4) is 0 Å². The minimum absolute atomic E-state index is 0. The van der Waals surface area contributed by atoms with Gasteiger partial charge in [0.15, 0.2) is 5.69 Å². The van der Waals surface area contributed by atoms with Crippen LogP contribution >= 0.6 is 12.4 Å². The lowest BCUT2D eigenvalue weighted by Crippen LogP contribution is -2.46. The number of hydrogen-bond donors (Lipinski definition) is 0. The van der Waals surface area contributed by atoms with E-state index in [9.17, 15) is 4.79 Å². The lowest BCUT2D eigenvalue weighted by molar-refractivity contribution is 0.0584. The lowest BCUT2D eigenvalue weighted by atomic mass is 10.2. The molecule has 1 aliphatic rings. The molecule has 0 bridgehead atoms. The second kappa shape index (κ2) is 9.50. The van der Waals surface area contributed by atoms with Crippen molar-refractivity contribution in [1.29, 1.82) is 0 Å². The quantitative estimate of drug-likeness (QED) is 0.719. The zero-order valence-electron chi connectivity index (χ0n) is 14.4. The van der Waals surface area contributed by atoms with E-state index in [1.54, 1.807) is 4.68 Å². The van der Waals surface area contributed by atoms with E-state index >= 15 is 0 Å². The monoisotopic (exact) mass is 365 g/mol. The van der Waals surface area contributed by atoms with Crippen LogP contribution in [0.15, 0.2) is 36.5 Å². The Kier molecular flexibility index (Phi) is 7.36. The first-order valence-electron chi connectivity index (χ1n) is 8.21. The second-order valence-corrected chi connectivity index (χ2v) is 5.94. The number of carbonyl (C=O) groups excluding carboxylic acids is 1. The molecule has 7 nitrogen and oxygen atoms in total. The molecule has 0 unspecified atom stereocenters. The largest absolute Gasteiger partial charge is 0.464 e. The van der Waals surface area contributed by atoms with Crippen LogP contribution in [0.3, 0.4) is 0 Å². The average Bonchev–Trinajstić information content (AvgIpc) is 3.10. The summed E-state index contributed by atoms with van der Waals surface area (Å²) in [6.45, 7) is 6.65. The number of aromatic nitrogens is 3. The van der Waals surface area contributed by atoms with Gasteiger partial charge >= 0.3 is 5.97 Å². The van der Waals surface area contributed by atoms with Crippen LogP contribution in [0.5, 0.6) is 0 Å². The van der Waals surface area contributed by atoms with Crippen molar-refractivity contribution in [3.05, 3.63) is 47.8 Å². The van der Waals surface area contributed by atoms with E-state index in [0.29, 0.717) is 12.2 Å². The summed E-state index contributed by atoms with van der Waals surface area (Å²) in [5, 5.41) is 7.77. The summed E-state index contributed by atoms with van der Waals surface area (Å²) in [5.74, 6) is -0.396. The third-order valence-corrected chi connectivity index (χ3v) is 4.35. The number of ether oxygens (including phenoxy) is 1. The summed E-state index contributed by atoms with van der Waals surface area (Å²) >= 11 is 0. The van der Waals surface area contributed by atoms with Crippen molar-refractivity contribution in [3.63, 3.8) is 0 Å². The molecule has 25 heavy (non-hydrogen) atoms. The van der Waals surface area contributed by atoms with Crippen LogP contribution in [0.4, 0.5) is 0 Å². The van der Waals surface area contributed by atoms with E-state index in [2.05, 4.69) is 44.4 Å². The summed E-state index contributed by atoms with van der Waals surface area (Å²) < 4.78 is 6.35. The van der Waals surface area contributed by atoms with Gasteiger partial charge in [-0.1, -0.05) is 35.5 Å². The minimum atomic E-state index is -0.396. The van der Waals surface area contributed by atoms with E-state index in [1.807, 2.05) is 6.07 Å². The van der Waals surface area contributed by atoms with Crippen LogP contribution in [0.1, 0.15) is 16.1 Å². The Morgan fingerprint density at radius 1 is 1.08 bits per heavy atom. The normalized spacial score (nSPS) is 15.6. The predicted molar refractivity (Wildman–Crippen MR) is 96.8 cm³/mol. The topological polar surface area (TPSA) is 63.5 Å². The van der Waals surface area contributed by atoms with Gasteiger partial charge in [-0.05, 0) is 5.56 Å². The molecule has 0 N–H and O–H groups in total. The summed E-state index contributed by atoms with van der Waals surface area (Å²) in [7, 11) is 1.37. The van der Waals surface area contributed by atoms with E-state index in [-0.39, 0.29) is 12.4 Å². The molecule has 2 heterocycles. The van der Waals surface area contributed by atoms with Gasteiger partial charge in [0.25, 0.3) is 0 Å². The first-order chi connectivity index (χ1) is 11.8. The molecule has 1 aromatic heterocycles. The fraction of sp³-hybridized carbons (Fsp3) is 0.471. The number of carbonyl (C=O) groups is 1. The fourth-order valence-electron chi connectivity index (χ4n) is 2.93. The van der Waals surface area contributed by atoms with Crippen LogP contribution in [-0.4, -0.2) is 70.6 Å². The number of benzene rings is 1. The van der Waals surface area contributed by atoms with Crippen molar-refractivity contribution in [2.45, 2.75) is 13.1 Å². The smallest absolute Gasteiger partial charge is 0.358 e. The number of rotatable bonds is 6. The highest BCUT2D eigenvalue weighted by Gasteiger charge is 2.18. The number of methoxy groups -OCH3 is 1.